The number of nitrogens with one attached hydrogen (secondary N) is 8. The summed E-state index contributed by atoms with van der Waals surface area (Å²) < 4.78 is 129. The molecule has 8 N–H and O–H groups in total. The van der Waals surface area contributed by atoms with Gasteiger partial charge in [0, 0.05) is 123 Å². The predicted octanol–water partition coefficient (Wildman–Crippen LogP) is 13.4. The summed E-state index contributed by atoms with van der Waals surface area (Å²) in [6.07, 6.45) is 23.4. The second-order valence-corrected chi connectivity index (χ2v) is 35.8. The average molecular weight is 1660 g/mol. The number of aryl methyl sites for hydroxylation is 4. The molecule has 0 spiro atoms. The SMILES string of the molecule is Cc1cc(-c2cc(NS(C)(=O)=O)ccc2Cc2ccccc2)n2cc[nH]c(=O)c12.Cc1cc(-c2cc(NS(C)(=O)=O)ccc2OC2CCOCC2)n2cc[nH]c(=O)c12.Cc1cc(-c2cc(NS(C)(=O)=O)ccc2Oc2cccnc2)n2cc[nH]c(=O)c12.Cc1cc(-c2cc(NS(C)(=O)=O)ccc2Sc2ccccc2)n2cc[nH]c(=O)c12. The Bertz CT molecular complexity index is 6430. The van der Waals surface area contributed by atoms with Crippen LogP contribution in [0.2, 0.25) is 0 Å². The molecule has 0 aliphatic carbocycles. The van der Waals surface area contributed by atoms with Gasteiger partial charge in [-0.1, -0.05) is 66.4 Å². The third-order valence-electron chi connectivity index (χ3n) is 18.4. The summed E-state index contributed by atoms with van der Waals surface area (Å²) in [4.78, 5) is 66.0. The van der Waals surface area contributed by atoms with E-state index in [4.69, 9.17) is 14.2 Å². The van der Waals surface area contributed by atoms with Gasteiger partial charge in [0.15, 0.2) is 0 Å². The van der Waals surface area contributed by atoms with E-state index in [0.717, 1.165) is 109 Å². The number of ether oxygens (including phenoxy) is 3. The minimum Gasteiger partial charge on any atom is -0.490 e. The van der Waals surface area contributed by atoms with Crippen molar-refractivity contribution in [1.82, 2.24) is 42.5 Å². The highest BCUT2D eigenvalue weighted by Crippen LogP contribution is 2.42. The Labute approximate surface area is 671 Å². The number of pyridine rings is 1. The number of aromatic nitrogens is 9. The number of benzene rings is 6. The van der Waals surface area contributed by atoms with Crippen molar-refractivity contribution in [3.05, 3.63) is 307 Å². The first-order valence-corrected chi connectivity index (χ1v) is 44.5. The highest BCUT2D eigenvalue weighted by molar-refractivity contribution is 7.99. The van der Waals surface area contributed by atoms with Crippen LogP contribution >= 0.6 is 11.8 Å². The van der Waals surface area contributed by atoms with E-state index in [9.17, 15) is 52.8 Å². The van der Waals surface area contributed by atoms with E-state index in [-0.39, 0.29) is 28.3 Å². The number of sulfonamides is 4. The third-order valence-corrected chi connectivity index (χ3v) is 21.9. The lowest BCUT2D eigenvalue weighted by Crippen LogP contribution is -2.26. The minimum atomic E-state index is -3.45. The zero-order valence-electron chi connectivity index (χ0n) is 64.0. The number of hydrogen-bond donors (Lipinski definition) is 8. The van der Waals surface area contributed by atoms with Gasteiger partial charge in [-0.05, 0) is 183 Å². The highest BCUT2D eigenvalue weighted by Gasteiger charge is 2.24. The van der Waals surface area contributed by atoms with Crippen molar-refractivity contribution < 1.29 is 47.9 Å². The number of nitrogens with zero attached hydrogens (tertiary/aromatic N) is 5. The largest absolute Gasteiger partial charge is 0.490 e. The average Bonchev–Trinajstić information content (AvgIpc) is 1.63. The molecule has 15 aromatic rings. The van der Waals surface area contributed by atoms with Gasteiger partial charge < -0.3 is 51.7 Å². The normalized spacial score (nSPS) is 12.6. The Morgan fingerprint density at radius 3 is 1.25 bits per heavy atom. The van der Waals surface area contributed by atoms with Gasteiger partial charge in [0.2, 0.25) is 40.1 Å². The van der Waals surface area contributed by atoms with Crippen LogP contribution in [0.4, 0.5) is 22.7 Å². The Balaban J connectivity index is 0.000000135. The van der Waals surface area contributed by atoms with Crippen LogP contribution in [0, 0.1) is 27.7 Å². The number of anilines is 4. The maximum absolute atomic E-state index is 12.3. The Kier molecular flexibility index (Phi) is 24.0. The first-order chi connectivity index (χ1) is 55.3. The van der Waals surface area contributed by atoms with E-state index in [2.05, 4.69) is 55.9 Å². The van der Waals surface area contributed by atoms with Crippen molar-refractivity contribution in [2.75, 3.05) is 57.1 Å². The van der Waals surface area contributed by atoms with Crippen LogP contribution in [0.1, 0.15) is 46.2 Å². The van der Waals surface area contributed by atoms with Crippen LogP contribution in [-0.4, -0.2) is 121 Å². The van der Waals surface area contributed by atoms with Gasteiger partial charge in [0.25, 0.3) is 22.2 Å². The van der Waals surface area contributed by atoms with Crippen LogP contribution in [0.3, 0.4) is 0 Å². The Morgan fingerprint density at radius 1 is 0.440 bits per heavy atom. The van der Waals surface area contributed by atoms with Gasteiger partial charge in [-0.25, -0.2) is 33.7 Å². The second-order valence-electron chi connectivity index (χ2n) is 27.7. The first-order valence-electron chi connectivity index (χ1n) is 36.1. The lowest BCUT2D eigenvalue weighted by atomic mass is 9.97. The van der Waals surface area contributed by atoms with Crippen LogP contribution in [0.25, 0.3) is 67.1 Å². The van der Waals surface area contributed by atoms with Crippen molar-refractivity contribution in [2.45, 2.75) is 62.9 Å². The van der Waals surface area contributed by atoms with Crippen molar-refractivity contribution in [2.24, 2.45) is 0 Å². The van der Waals surface area contributed by atoms with Crippen LogP contribution < -0.4 is 50.6 Å². The van der Waals surface area contributed by atoms with Crippen LogP contribution in [0.15, 0.2) is 261 Å². The molecule has 9 aromatic heterocycles. The molecule has 116 heavy (non-hydrogen) atoms. The van der Waals surface area contributed by atoms with Crippen molar-refractivity contribution in [1.29, 1.82) is 0 Å². The molecule has 10 heterocycles. The molecule has 0 radical (unpaired) electrons. The lowest BCUT2D eigenvalue weighted by Gasteiger charge is -2.25. The molecule has 1 saturated heterocycles. The number of aromatic amines is 4. The minimum absolute atomic E-state index is 0.0203. The van der Waals surface area contributed by atoms with Gasteiger partial charge in [0.05, 0.1) is 67.2 Å². The van der Waals surface area contributed by atoms with E-state index in [1.807, 2.05) is 134 Å². The third kappa shape index (κ3) is 19.7. The van der Waals surface area contributed by atoms with Crippen molar-refractivity contribution in [3.63, 3.8) is 0 Å². The standard InChI is InChI=1S/C22H21N3O3S.C21H19N3O3S2.C20H18N4O4S.C20H23N3O5S/c1-15-12-20(25-11-10-23-22(26)21(15)25)19-14-18(24-29(2,27)28)9-8-17(19)13-16-6-4-3-5-7-16;1-14-12-18(24-11-10-22-21(25)20(14)24)17-13-15(23-29(2,26)27)8-9-19(17)28-16-6-4-3-5-7-16;1-13-10-17(24-9-8-22-20(25)19(13)24)16-11-14(23-29(2,26)27)5-6-18(16)28-15-4-3-7-21-12-15;1-13-11-17(23-8-7-21-20(24)19(13)23)16-12-14(22-29(2,25)26)3-4-18(16)28-15-5-9-27-10-6-15/h3-12,14,24H,13H2,1-2H3,(H,23,26);3-13,23H,1-2H3,(H,22,25);3-12,23H,1-2H3,(H,22,25);3-4,7-8,11-12,15,22H,5-6,9-10H2,1-2H3,(H,21,24). The van der Waals surface area contributed by atoms with Gasteiger partial charge in [0.1, 0.15) is 45.4 Å². The maximum Gasteiger partial charge on any atom is 0.272 e. The maximum atomic E-state index is 12.3. The summed E-state index contributed by atoms with van der Waals surface area (Å²) in [6.45, 7) is 8.78. The molecule has 0 bridgehead atoms. The molecule has 1 fully saturated rings. The van der Waals surface area contributed by atoms with Crippen molar-refractivity contribution >= 4 is 96.7 Å². The summed E-state index contributed by atoms with van der Waals surface area (Å²) in [6, 6.07) is 52.3. The number of fused-ring (bicyclic) bond motifs is 4. The molecular formula is C83H81N13O15S5. The summed E-state index contributed by atoms with van der Waals surface area (Å²) in [7, 11) is -13.7. The van der Waals surface area contributed by atoms with Crippen LogP contribution in [-0.2, 0) is 51.3 Å². The molecule has 28 nitrogen and oxygen atoms in total. The monoisotopic (exact) mass is 1660 g/mol. The van der Waals surface area contributed by atoms with Gasteiger partial charge >= 0.3 is 0 Å². The van der Waals surface area contributed by atoms with Crippen LogP contribution in [0.5, 0.6) is 17.2 Å². The summed E-state index contributed by atoms with van der Waals surface area (Å²) in [5.74, 6) is 1.67. The molecule has 1 aliphatic rings. The quantitative estimate of drug-likeness (QED) is 0.0351. The number of rotatable bonds is 20. The van der Waals surface area contributed by atoms with E-state index >= 15 is 0 Å². The second kappa shape index (κ2) is 34.2. The zero-order chi connectivity index (χ0) is 82.4. The smallest absolute Gasteiger partial charge is 0.272 e. The molecule has 0 unspecified atom stereocenters. The number of H-pyrrole nitrogens is 4. The molecule has 0 saturated carbocycles. The molecule has 598 valence electrons. The molecule has 16 rings (SSSR count). The predicted molar refractivity (Wildman–Crippen MR) is 455 cm³/mol. The topological polar surface area (TPSA) is 374 Å². The lowest BCUT2D eigenvalue weighted by molar-refractivity contribution is 0.0258. The Hall–Kier alpha value is -12.7. The van der Waals surface area contributed by atoms with E-state index < -0.39 is 40.1 Å². The van der Waals surface area contributed by atoms with Gasteiger partial charge in [-0.15, -0.1) is 0 Å². The zero-order valence-corrected chi connectivity index (χ0v) is 68.0. The fourth-order valence-electron chi connectivity index (χ4n) is 13.7. The molecular weight excluding hydrogens is 1580 g/mol. The molecule has 33 heteroatoms. The molecule has 6 aromatic carbocycles. The summed E-state index contributed by atoms with van der Waals surface area (Å²) in [5, 5.41) is 0. The molecule has 1 aliphatic heterocycles. The fraction of sp³-hybridized carbons (Fsp3) is 0.169. The van der Waals surface area contributed by atoms with E-state index in [1.54, 1.807) is 143 Å². The van der Waals surface area contributed by atoms with E-state index in [1.165, 1.54) is 0 Å². The van der Waals surface area contributed by atoms with Gasteiger partial charge in [-0.2, -0.15) is 0 Å². The summed E-state index contributed by atoms with van der Waals surface area (Å²) in [5.41, 5.74) is 14.9. The fourth-order valence-corrected chi connectivity index (χ4v) is 16.9. The van der Waals surface area contributed by atoms with Crippen molar-refractivity contribution in [3.8, 4) is 62.3 Å². The van der Waals surface area contributed by atoms with Gasteiger partial charge in [-0.3, -0.25) is 43.1 Å². The highest BCUT2D eigenvalue weighted by atomic mass is 32.2. The Morgan fingerprint density at radius 2 is 0.819 bits per heavy atom. The summed E-state index contributed by atoms with van der Waals surface area (Å²) >= 11 is 1.58. The first kappa shape index (κ1) is 81.4. The molecule has 0 amide bonds. The molecule has 0 atom stereocenters. The number of hydrogen-bond acceptors (Lipinski definition) is 17. The van der Waals surface area contributed by atoms with E-state index in [0.29, 0.717) is 98.5 Å².